The highest BCUT2D eigenvalue weighted by Crippen LogP contribution is 2.22. The van der Waals surface area contributed by atoms with Crippen molar-refractivity contribution in [2.45, 2.75) is 127 Å². The number of fused-ring (bicyclic) bond motifs is 1. The fraction of sp³-hybridized carbons (Fsp3) is 0.397. The monoisotopic (exact) mass is 1100 g/mol. The SMILES string of the molecule is CC(C)[C@H](NC(=O)[C@H](C)NC(=O)[C@H](Cc1c[nH]c2ccccc12)NC(=O)[C@H](Cc1cccs1)NC(=O)CCc1ccccc1)C(=O)N[C@@H](C)C(=O)N[C@@H](Cc1cnc[nH]1)C(=O)N1CCC[C@H]1CN[C@@H](Cc1ccccc1)C(N)=O. The molecule has 1 aliphatic rings. The average molecular weight is 1100 g/mol. The predicted octanol–water partition coefficient (Wildman–Crippen LogP) is 2.90. The number of likely N-dealkylation sites (tertiary alicyclic amines) is 1. The van der Waals surface area contributed by atoms with Gasteiger partial charge >= 0.3 is 0 Å². The van der Waals surface area contributed by atoms with Gasteiger partial charge in [-0.15, -0.1) is 11.3 Å². The van der Waals surface area contributed by atoms with Gasteiger partial charge in [0.05, 0.1) is 12.4 Å². The Morgan fingerprint density at radius 1 is 0.658 bits per heavy atom. The lowest BCUT2D eigenvalue weighted by atomic mass is 10.0. The standard InChI is InChI=1S/C58H72N12O8S/c1-35(2)51(57(77)65-36(3)53(73)68-49(29-41-32-60-34-63-41)58(78)70-25-13-19-42(70)33-62-46(52(59)72)27-39-17-9-6-10-18-39)69-54(74)37(4)64-55(75)47(28-40-31-61-45-22-12-11-21-44(40)45)67-56(76)48(30-43-20-14-26-79-43)66-50(71)24-23-38-15-7-5-8-16-38/h5-12,14-18,20-22,26,31-32,34-37,42,46-49,51,61-62H,13,19,23-25,27-30,33H2,1-4H3,(H2,59,72)(H,60,63)(H,64,75)(H,65,77)(H,66,71)(H,67,76)(H,68,73)(H,69,74)/t36-,37-,42-,46-,47-,48-,49-,51-/m0/s1. The molecule has 79 heavy (non-hydrogen) atoms. The number of para-hydroxylation sites is 1. The Kier molecular flexibility index (Phi) is 21.1. The number of imidazole rings is 1. The fourth-order valence-corrected chi connectivity index (χ4v) is 10.4. The second-order valence-corrected chi connectivity index (χ2v) is 21.5. The van der Waals surface area contributed by atoms with Gasteiger partial charge in [0.15, 0.2) is 0 Å². The first-order valence-corrected chi connectivity index (χ1v) is 27.7. The largest absolute Gasteiger partial charge is 0.368 e. The molecule has 1 fully saturated rings. The molecule has 6 aromatic rings. The van der Waals surface area contributed by atoms with Crippen LogP contribution in [-0.2, 0) is 70.5 Å². The van der Waals surface area contributed by atoms with Crippen LogP contribution in [-0.4, -0.2) is 129 Å². The third-order valence-corrected chi connectivity index (χ3v) is 15.0. The van der Waals surface area contributed by atoms with Gasteiger partial charge in [0.1, 0.15) is 36.3 Å². The lowest BCUT2D eigenvalue weighted by Gasteiger charge is -2.31. The quantitative estimate of drug-likeness (QED) is 0.0343. The Hall–Kier alpha value is -8.17. The first kappa shape index (κ1) is 58.5. The van der Waals surface area contributed by atoms with E-state index < -0.39 is 83.7 Å². The minimum Gasteiger partial charge on any atom is -0.368 e. The number of carbonyl (C=O) groups is 8. The molecule has 418 valence electrons. The van der Waals surface area contributed by atoms with Gasteiger partial charge in [-0.1, -0.05) is 98.8 Å². The summed E-state index contributed by atoms with van der Waals surface area (Å²) in [7, 11) is 0. The van der Waals surface area contributed by atoms with Gasteiger partial charge in [-0.2, -0.15) is 0 Å². The lowest BCUT2D eigenvalue weighted by molar-refractivity contribution is -0.138. The molecule has 0 spiro atoms. The number of aromatic amines is 2. The van der Waals surface area contributed by atoms with Gasteiger partial charge in [0.2, 0.25) is 47.3 Å². The first-order valence-electron chi connectivity index (χ1n) is 26.8. The molecule has 8 amide bonds. The van der Waals surface area contributed by atoms with Gasteiger partial charge < -0.3 is 57.8 Å². The molecule has 0 bridgehead atoms. The maximum atomic E-state index is 14.4. The second kappa shape index (κ2) is 28.5. The number of rotatable bonds is 28. The summed E-state index contributed by atoms with van der Waals surface area (Å²) in [4.78, 5) is 123. The second-order valence-electron chi connectivity index (χ2n) is 20.4. The van der Waals surface area contributed by atoms with Crippen LogP contribution in [0.3, 0.4) is 0 Å². The average Bonchev–Trinajstić information content (AvgIpc) is 4.31. The molecule has 7 rings (SSSR count). The fourth-order valence-electron chi connectivity index (χ4n) is 9.62. The van der Waals surface area contributed by atoms with E-state index in [2.05, 4.69) is 52.2 Å². The van der Waals surface area contributed by atoms with Crippen LogP contribution in [0.4, 0.5) is 0 Å². The summed E-state index contributed by atoms with van der Waals surface area (Å²) in [6.45, 7) is 7.07. The van der Waals surface area contributed by atoms with E-state index in [0.717, 1.165) is 32.5 Å². The predicted molar refractivity (Wildman–Crippen MR) is 301 cm³/mol. The molecule has 8 atom stereocenters. The molecule has 1 aliphatic heterocycles. The number of carbonyl (C=O) groups excluding carboxylic acids is 8. The molecule has 3 aromatic heterocycles. The maximum absolute atomic E-state index is 14.4. The zero-order valence-corrected chi connectivity index (χ0v) is 45.8. The highest BCUT2D eigenvalue weighted by atomic mass is 32.1. The van der Waals surface area contributed by atoms with Crippen LogP contribution in [0.15, 0.2) is 121 Å². The highest BCUT2D eigenvalue weighted by Gasteiger charge is 2.37. The summed E-state index contributed by atoms with van der Waals surface area (Å²) in [5, 5.41) is 22.7. The molecule has 4 heterocycles. The minimum absolute atomic E-state index is 0.0251. The van der Waals surface area contributed by atoms with E-state index >= 15 is 0 Å². The number of thiophene rings is 1. The summed E-state index contributed by atoms with van der Waals surface area (Å²) in [6, 6.07) is 22.4. The molecule has 0 aliphatic carbocycles. The molecule has 0 radical (unpaired) electrons. The molecular weight excluding hydrogens is 1020 g/mol. The van der Waals surface area contributed by atoms with E-state index in [0.29, 0.717) is 44.5 Å². The van der Waals surface area contributed by atoms with Crippen molar-refractivity contribution in [1.29, 1.82) is 0 Å². The number of primary amides is 1. The third-order valence-electron chi connectivity index (χ3n) is 14.1. The lowest BCUT2D eigenvalue weighted by Crippen LogP contribution is -2.60. The van der Waals surface area contributed by atoms with Gasteiger partial charge in [0.25, 0.3) is 0 Å². The zero-order valence-electron chi connectivity index (χ0n) is 45.0. The highest BCUT2D eigenvalue weighted by molar-refractivity contribution is 7.09. The Labute approximate surface area is 463 Å². The van der Waals surface area contributed by atoms with Gasteiger partial charge in [-0.3, -0.25) is 38.4 Å². The molecule has 1 saturated heterocycles. The van der Waals surface area contributed by atoms with E-state index in [-0.39, 0.29) is 43.5 Å². The molecule has 20 nitrogen and oxygen atoms in total. The smallest absolute Gasteiger partial charge is 0.245 e. The zero-order chi connectivity index (χ0) is 56.4. The van der Waals surface area contributed by atoms with Gasteiger partial charge in [-0.05, 0) is 79.7 Å². The Morgan fingerprint density at radius 2 is 1.30 bits per heavy atom. The van der Waals surface area contributed by atoms with E-state index in [1.165, 1.54) is 31.5 Å². The van der Waals surface area contributed by atoms with E-state index in [4.69, 9.17) is 5.73 Å². The Morgan fingerprint density at radius 3 is 1.97 bits per heavy atom. The van der Waals surface area contributed by atoms with Crippen molar-refractivity contribution in [2.75, 3.05) is 13.1 Å². The number of nitrogens with two attached hydrogens (primary N) is 1. The van der Waals surface area contributed by atoms with Crippen molar-refractivity contribution < 1.29 is 38.4 Å². The summed E-state index contributed by atoms with van der Waals surface area (Å²) in [5.74, 6) is -5.01. The third kappa shape index (κ3) is 16.9. The number of aryl methyl sites for hydroxylation is 1. The van der Waals surface area contributed by atoms with Crippen LogP contribution < -0.4 is 43.0 Å². The molecular formula is C58H72N12O8S. The van der Waals surface area contributed by atoms with Crippen molar-refractivity contribution in [2.24, 2.45) is 11.7 Å². The van der Waals surface area contributed by atoms with Gasteiger partial charge in [-0.25, -0.2) is 4.98 Å². The molecule has 0 unspecified atom stereocenters. The van der Waals surface area contributed by atoms with Crippen LogP contribution in [0.5, 0.6) is 0 Å². The Balaban J connectivity index is 0.981. The molecule has 21 heteroatoms. The van der Waals surface area contributed by atoms with Crippen LogP contribution in [0.2, 0.25) is 0 Å². The van der Waals surface area contributed by atoms with Crippen molar-refractivity contribution in [3.63, 3.8) is 0 Å². The number of amides is 8. The van der Waals surface area contributed by atoms with E-state index in [9.17, 15) is 38.4 Å². The van der Waals surface area contributed by atoms with Crippen LogP contribution >= 0.6 is 11.3 Å². The number of nitrogens with one attached hydrogen (secondary N) is 9. The van der Waals surface area contributed by atoms with Crippen LogP contribution in [0.25, 0.3) is 10.9 Å². The van der Waals surface area contributed by atoms with Crippen LogP contribution in [0, 0.1) is 5.92 Å². The molecule has 11 N–H and O–H groups in total. The number of hydrogen-bond acceptors (Lipinski definition) is 11. The minimum atomic E-state index is -1.21. The number of hydrogen-bond donors (Lipinski definition) is 10. The maximum Gasteiger partial charge on any atom is 0.245 e. The number of nitrogens with zero attached hydrogens (tertiary/aromatic N) is 2. The molecule has 0 saturated carbocycles. The van der Waals surface area contributed by atoms with Crippen molar-refractivity contribution in [1.82, 2.24) is 57.1 Å². The van der Waals surface area contributed by atoms with Gasteiger partial charge in [0, 0.05) is 78.7 Å². The number of benzene rings is 3. The van der Waals surface area contributed by atoms with E-state index in [1.54, 1.807) is 31.1 Å². The first-order chi connectivity index (χ1) is 38.0. The van der Waals surface area contributed by atoms with Crippen molar-refractivity contribution in [3.8, 4) is 0 Å². The normalized spacial score (nSPS) is 15.9. The summed E-state index contributed by atoms with van der Waals surface area (Å²) >= 11 is 1.44. The summed E-state index contributed by atoms with van der Waals surface area (Å²) in [6.07, 6.45) is 7.40. The molecule has 3 aromatic carbocycles. The number of aromatic nitrogens is 3. The van der Waals surface area contributed by atoms with Crippen molar-refractivity contribution in [3.05, 3.63) is 148 Å². The van der Waals surface area contributed by atoms with E-state index in [1.807, 2.05) is 102 Å². The van der Waals surface area contributed by atoms with Crippen molar-refractivity contribution >= 4 is 69.5 Å². The summed E-state index contributed by atoms with van der Waals surface area (Å²) in [5.41, 5.74) is 9.81. The summed E-state index contributed by atoms with van der Waals surface area (Å²) < 4.78 is 0. The van der Waals surface area contributed by atoms with Crippen LogP contribution in [0.1, 0.15) is 74.2 Å². The Bertz CT molecular complexity index is 2990. The number of H-pyrrole nitrogens is 2. The topological polar surface area (TPSA) is 294 Å².